The van der Waals surface area contributed by atoms with E-state index in [-0.39, 0.29) is 22.6 Å². The summed E-state index contributed by atoms with van der Waals surface area (Å²) >= 11 is 0. The van der Waals surface area contributed by atoms with E-state index in [1.807, 2.05) is 25.7 Å². The summed E-state index contributed by atoms with van der Waals surface area (Å²) < 4.78 is 29.5. The number of carbonyl (C=O) groups is 1. The number of hydrogen-bond donors (Lipinski definition) is 1. The van der Waals surface area contributed by atoms with Gasteiger partial charge in [0.05, 0.1) is 5.69 Å². The summed E-state index contributed by atoms with van der Waals surface area (Å²) in [4.78, 5) is 14.0. The number of rotatable bonds is 6. The number of hydrogen-bond acceptors (Lipinski definition) is 4. The van der Waals surface area contributed by atoms with Crippen LogP contribution in [0.5, 0.6) is 0 Å². The van der Waals surface area contributed by atoms with Crippen molar-refractivity contribution in [2.45, 2.75) is 52.4 Å². The lowest BCUT2D eigenvalue weighted by molar-refractivity contribution is -0.118. The molecule has 0 fully saturated rings. The largest absolute Gasteiger partial charge is 0.328 e. The molecule has 6 nitrogen and oxygen atoms in total. The number of anilines is 2. The summed E-state index contributed by atoms with van der Waals surface area (Å²) in [7, 11) is -3.78. The number of sulfonamides is 1. The van der Waals surface area contributed by atoms with E-state index < -0.39 is 10.0 Å². The highest BCUT2D eigenvalue weighted by Crippen LogP contribution is 2.35. The first-order chi connectivity index (χ1) is 11.7. The zero-order valence-corrected chi connectivity index (χ0v) is 16.4. The molecule has 25 heavy (non-hydrogen) atoms. The normalized spacial score (nSPS) is 17.0. The molecule has 0 aliphatic carbocycles. The average Bonchev–Trinajstić information content (AvgIpc) is 2.56. The zero-order chi connectivity index (χ0) is 18.8. The molecule has 1 aliphatic heterocycles. The van der Waals surface area contributed by atoms with Crippen LogP contribution in [0.1, 0.15) is 47.5 Å². The van der Waals surface area contributed by atoms with E-state index in [1.165, 1.54) is 6.07 Å². The Bertz CT molecular complexity index is 785. The minimum atomic E-state index is -3.78. The van der Waals surface area contributed by atoms with Crippen molar-refractivity contribution in [3.8, 4) is 0 Å². The fraction of sp³-hybridized carbons (Fsp3) is 0.556. The summed E-state index contributed by atoms with van der Waals surface area (Å²) in [5.41, 5.74) is 1.11. The monoisotopic (exact) mass is 365 g/mol. The number of amidine groups is 1. The van der Waals surface area contributed by atoms with Crippen molar-refractivity contribution in [1.29, 1.82) is 0 Å². The van der Waals surface area contributed by atoms with Crippen molar-refractivity contribution >= 4 is 33.1 Å². The summed E-state index contributed by atoms with van der Waals surface area (Å²) in [6.07, 6.45) is 1.69. The second-order valence-corrected chi connectivity index (χ2v) is 8.28. The maximum Gasteiger partial charge on any atom is 0.286 e. The number of fused-ring (bicyclic) bond motifs is 1. The van der Waals surface area contributed by atoms with Gasteiger partial charge in [0.25, 0.3) is 10.0 Å². The number of carbonyl (C=O) groups excluding carboxylic acids is 1. The van der Waals surface area contributed by atoms with Crippen molar-refractivity contribution < 1.29 is 13.2 Å². The molecule has 2 rings (SSSR count). The molecule has 1 unspecified atom stereocenters. The number of nitrogens with zero attached hydrogens (tertiary/aromatic N) is 2. The lowest BCUT2D eigenvalue weighted by atomic mass is 10.1. The van der Waals surface area contributed by atoms with Gasteiger partial charge in [0, 0.05) is 24.1 Å². The van der Waals surface area contributed by atoms with E-state index in [4.69, 9.17) is 0 Å². The SMILES string of the molecule is CCCN1C(C(C)CC)=NS(=O)(=O)c2cc(NC(=O)C(C)C)ccc21. The van der Waals surface area contributed by atoms with Crippen LogP contribution in [-0.2, 0) is 14.8 Å². The van der Waals surface area contributed by atoms with Crippen molar-refractivity contribution in [3.05, 3.63) is 18.2 Å². The Balaban J connectivity index is 2.52. The Labute approximate surface area is 150 Å². The molecular weight excluding hydrogens is 338 g/mol. The maximum atomic E-state index is 12.7. The van der Waals surface area contributed by atoms with E-state index in [9.17, 15) is 13.2 Å². The van der Waals surface area contributed by atoms with Gasteiger partial charge in [-0.25, -0.2) is 0 Å². The highest BCUT2D eigenvalue weighted by atomic mass is 32.2. The molecule has 0 saturated heterocycles. The molecular formula is C18H27N3O3S. The standard InChI is InChI=1S/C18H27N3O3S/c1-6-10-21-15-9-8-14(19-18(22)12(3)4)11-16(15)25(23,24)20-17(21)13(5)7-2/h8-9,11-13H,6-7,10H2,1-5H3,(H,19,22). The van der Waals surface area contributed by atoms with Gasteiger partial charge >= 0.3 is 0 Å². The van der Waals surface area contributed by atoms with Crippen molar-refractivity contribution in [3.63, 3.8) is 0 Å². The lowest BCUT2D eigenvalue weighted by Gasteiger charge is -2.33. The van der Waals surface area contributed by atoms with Crippen LogP contribution in [0.25, 0.3) is 0 Å². The maximum absolute atomic E-state index is 12.7. The number of nitrogens with one attached hydrogen (secondary N) is 1. The molecule has 7 heteroatoms. The van der Waals surface area contributed by atoms with Gasteiger partial charge in [-0.2, -0.15) is 8.42 Å². The van der Waals surface area contributed by atoms with Crippen LogP contribution < -0.4 is 10.2 Å². The Hall–Kier alpha value is -1.89. The fourth-order valence-corrected chi connectivity index (χ4v) is 3.99. The topological polar surface area (TPSA) is 78.8 Å². The van der Waals surface area contributed by atoms with Gasteiger partial charge in [-0.1, -0.05) is 34.6 Å². The Morgan fingerprint density at radius 2 is 1.92 bits per heavy atom. The second kappa shape index (κ2) is 7.56. The summed E-state index contributed by atoms with van der Waals surface area (Å²) in [6.45, 7) is 10.3. The van der Waals surface area contributed by atoms with Gasteiger partial charge in [-0.05, 0) is 31.0 Å². The van der Waals surface area contributed by atoms with Crippen LogP contribution in [0.2, 0.25) is 0 Å². The van der Waals surface area contributed by atoms with E-state index in [0.717, 1.165) is 12.8 Å². The van der Waals surface area contributed by atoms with Crippen molar-refractivity contribution in [2.24, 2.45) is 16.2 Å². The van der Waals surface area contributed by atoms with Gasteiger partial charge < -0.3 is 10.2 Å². The van der Waals surface area contributed by atoms with Crippen LogP contribution in [-0.4, -0.2) is 26.7 Å². The zero-order valence-electron chi connectivity index (χ0n) is 15.5. The summed E-state index contributed by atoms with van der Waals surface area (Å²) in [5.74, 6) is 0.312. The quantitative estimate of drug-likeness (QED) is 0.835. The van der Waals surface area contributed by atoms with Crippen LogP contribution >= 0.6 is 0 Å². The van der Waals surface area contributed by atoms with Crippen molar-refractivity contribution in [1.82, 2.24) is 0 Å². The smallest absolute Gasteiger partial charge is 0.286 e. The minimum Gasteiger partial charge on any atom is -0.328 e. The average molecular weight is 365 g/mol. The highest BCUT2D eigenvalue weighted by molar-refractivity contribution is 7.90. The van der Waals surface area contributed by atoms with Crippen LogP contribution in [0.4, 0.5) is 11.4 Å². The molecule has 1 atom stereocenters. The van der Waals surface area contributed by atoms with Gasteiger partial charge in [-0.15, -0.1) is 4.40 Å². The summed E-state index contributed by atoms with van der Waals surface area (Å²) in [6, 6.07) is 5.01. The third-order valence-electron chi connectivity index (χ3n) is 4.31. The first kappa shape index (κ1) is 19.4. The summed E-state index contributed by atoms with van der Waals surface area (Å²) in [5, 5.41) is 2.75. The molecule has 0 aromatic heterocycles. The highest BCUT2D eigenvalue weighted by Gasteiger charge is 2.32. The molecule has 0 radical (unpaired) electrons. The molecule has 138 valence electrons. The van der Waals surface area contributed by atoms with E-state index in [0.29, 0.717) is 23.8 Å². The van der Waals surface area contributed by atoms with Gasteiger partial charge in [0.1, 0.15) is 10.7 Å². The van der Waals surface area contributed by atoms with E-state index in [2.05, 4.69) is 9.71 Å². The molecule has 1 aromatic rings. The van der Waals surface area contributed by atoms with Gasteiger partial charge in [-0.3, -0.25) is 4.79 Å². The molecule has 0 spiro atoms. The minimum absolute atomic E-state index is 0.0507. The predicted octanol–water partition coefficient (Wildman–Crippen LogP) is 3.64. The third kappa shape index (κ3) is 4.03. The molecule has 1 heterocycles. The molecule has 1 aliphatic rings. The third-order valence-corrected chi connectivity index (χ3v) is 5.62. The van der Waals surface area contributed by atoms with Gasteiger partial charge in [0.15, 0.2) is 0 Å². The van der Waals surface area contributed by atoms with Crippen LogP contribution in [0.15, 0.2) is 27.5 Å². The molecule has 1 amide bonds. The first-order valence-corrected chi connectivity index (χ1v) is 10.2. The molecule has 0 bridgehead atoms. The number of amides is 1. The van der Waals surface area contributed by atoms with E-state index in [1.54, 1.807) is 26.0 Å². The van der Waals surface area contributed by atoms with Crippen molar-refractivity contribution in [2.75, 3.05) is 16.8 Å². The van der Waals surface area contributed by atoms with Crippen LogP contribution in [0, 0.1) is 11.8 Å². The Kier molecular flexibility index (Phi) is 5.87. The first-order valence-electron chi connectivity index (χ1n) is 8.78. The van der Waals surface area contributed by atoms with Crippen LogP contribution in [0.3, 0.4) is 0 Å². The molecule has 1 N–H and O–H groups in total. The Morgan fingerprint density at radius 3 is 2.48 bits per heavy atom. The second-order valence-electron chi connectivity index (χ2n) is 6.71. The lowest BCUT2D eigenvalue weighted by Crippen LogP contribution is -2.40. The molecule has 0 saturated carbocycles. The van der Waals surface area contributed by atoms with E-state index >= 15 is 0 Å². The Morgan fingerprint density at radius 1 is 1.24 bits per heavy atom. The predicted molar refractivity (Wildman–Crippen MR) is 102 cm³/mol. The number of benzene rings is 1. The molecule has 1 aromatic carbocycles. The fourth-order valence-electron chi connectivity index (χ4n) is 2.65. The van der Waals surface area contributed by atoms with Gasteiger partial charge in [0.2, 0.25) is 5.91 Å².